The number of benzene rings is 1. The summed E-state index contributed by atoms with van der Waals surface area (Å²) < 4.78 is 4.52. The Morgan fingerprint density at radius 3 is 2.67 bits per heavy atom. The van der Waals surface area contributed by atoms with E-state index >= 15 is 0 Å². The van der Waals surface area contributed by atoms with Crippen LogP contribution in [0.25, 0.3) is 22.1 Å². The SMILES string of the molecule is CC#CCn1c(N2CCCC(NCNC3CCCNC3)C2)nc2c1c(=O)n(Cc1nc(C)c3ccccc3n1)c(=O)n2C. The molecule has 0 radical (unpaired) electrons. The van der Waals surface area contributed by atoms with Crippen LogP contribution in [-0.4, -0.2) is 73.6 Å². The van der Waals surface area contributed by atoms with Crippen LogP contribution in [0.2, 0.25) is 0 Å². The van der Waals surface area contributed by atoms with Gasteiger partial charge in [-0.25, -0.2) is 14.8 Å². The summed E-state index contributed by atoms with van der Waals surface area (Å²) in [6.45, 7) is 8.36. The van der Waals surface area contributed by atoms with Crippen LogP contribution in [0.15, 0.2) is 33.9 Å². The first-order valence-corrected chi connectivity index (χ1v) is 15.2. The lowest BCUT2D eigenvalue weighted by molar-refractivity contribution is 0.348. The van der Waals surface area contributed by atoms with Crippen molar-refractivity contribution in [2.24, 2.45) is 7.05 Å². The quantitative estimate of drug-likeness (QED) is 0.206. The minimum Gasteiger partial charge on any atom is -0.341 e. The second-order valence-electron chi connectivity index (χ2n) is 11.5. The van der Waals surface area contributed by atoms with Crippen molar-refractivity contribution in [2.45, 2.75) is 64.7 Å². The fourth-order valence-corrected chi connectivity index (χ4v) is 6.25. The van der Waals surface area contributed by atoms with Gasteiger partial charge in [0.05, 0.1) is 18.6 Å². The molecule has 0 amide bonds. The second-order valence-corrected chi connectivity index (χ2v) is 11.5. The summed E-state index contributed by atoms with van der Waals surface area (Å²) in [6.07, 6.45) is 4.45. The van der Waals surface area contributed by atoms with Crippen molar-refractivity contribution in [1.82, 2.24) is 44.6 Å². The van der Waals surface area contributed by atoms with Gasteiger partial charge in [0.25, 0.3) is 5.56 Å². The first kappa shape index (κ1) is 29.0. The minimum absolute atomic E-state index is 0.0354. The number of hydrogen-bond donors (Lipinski definition) is 3. The van der Waals surface area contributed by atoms with Gasteiger partial charge in [-0.3, -0.25) is 23.8 Å². The standard InChI is InChI=1S/C31H40N10O2/c1-4-5-16-40-27-28(37-30(40)39-15-9-11-23(18-39)34-20-33-22-10-8-14-32-17-22)38(3)31(43)41(29(27)42)19-26-35-21(2)24-12-6-7-13-25(24)36-26/h6-7,12-13,22-23,32-34H,8-11,14-20H2,1-3H3. The van der Waals surface area contributed by atoms with E-state index in [-0.39, 0.29) is 12.6 Å². The Balaban J connectivity index is 1.32. The van der Waals surface area contributed by atoms with Crippen molar-refractivity contribution in [3.8, 4) is 11.8 Å². The van der Waals surface area contributed by atoms with Crippen molar-refractivity contribution < 1.29 is 0 Å². The van der Waals surface area contributed by atoms with Gasteiger partial charge in [-0.15, -0.1) is 5.92 Å². The Labute approximate surface area is 250 Å². The number of para-hydroxylation sites is 1. The van der Waals surface area contributed by atoms with E-state index in [1.807, 2.05) is 35.8 Å². The van der Waals surface area contributed by atoms with Crippen LogP contribution in [0.4, 0.5) is 5.95 Å². The summed E-state index contributed by atoms with van der Waals surface area (Å²) in [6, 6.07) is 8.49. The van der Waals surface area contributed by atoms with Crippen LogP contribution in [0.1, 0.15) is 44.1 Å². The average Bonchev–Trinajstić information content (AvgIpc) is 3.41. The predicted octanol–water partition coefficient (Wildman–Crippen LogP) is 1.08. The van der Waals surface area contributed by atoms with Crippen LogP contribution in [0, 0.1) is 18.8 Å². The highest BCUT2D eigenvalue weighted by atomic mass is 16.2. The lowest BCUT2D eigenvalue weighted by atomic mass is 10.1. The minimum atomic E-state index is -0.453. The zero-order valence-electron chi connectivity index (χ0n) is 25.2. The van der Waals surface area contributed by atoms with E-state index < -0.39 is 11.2 Å². The molecule has 3 aromatic heterocycles. The zero-order valence-corrected chi connectivity index (χ0v) is 25.2. The number of fused-ring (bicyclic) bond motifs is 2. The topological polar surface area (TPSA) is 127 Å². The summed E-state index contributed by atoms with van der Waals surface area (Å²) in [5, 5.41) is 11.7. The monoisotopic (exact) mass is 584 g/mol. The van der Waals surface area contributed by atoms with Gasteiger partial charge >= 0.3 is 5.69 Å². The maximum Gasteiger partial charge on any atom is 0.332 e. The van der Waals surface area contributed by atoms with Crippen LogP contribution in [0.5, 0.6) is 0 Å². The van der Waals surface area contributed by atoms with E-state index in [0.717, 1.165) is 62.3 Å². The molecule has 0 aliphatic carbocycles. The number of piperidine rings is 2. The normalized spacial score (nSPS) is 19.1. The molecule has 5 heterocycles. The Morgan fingerprint density at radius 1 is 1.05 bits per heavy atom. The first-order chi connectivity index (χ1) is 20.9. The maximum absolute atomic E-state index is 14.0. The van der Waals surface area contributed by atoms with Crippen molar-refractivity contribution in [3.63, 3.8) is 0 Å². The molecule has 2 fully saturated rings. The molecular formula is C31H40N10O2. The van der Waals surface area contributed by atoms with Gasteiger partial charge in [-0.2, -0.15) is 4.98 Å². The number of aryl methyl sites for hydroxylation is 2. The van der Waals surface area contributed by atoms with E-state index in [1.165, 1.54) is 22.0 Å². The van der Waals surface area contributed by atoms with Gasteiger partial charge in [0, 0.05) is 56.5 Å². The van der Waals surface area contributed by atoms with Crippen LogP contribution in [0.3, 0.4) is 0 Å². The number of anilines is 1. The molecule has 226 valence electrons. The number of rotatable bonds is 8. The Bertz CT molecular complexity index is 1810. The summed E-state index contributed by atoms with van der Waals surface area (Å²) in [7, 11) is 1.66. The number of nitrogens with one attached hydrogen (secondary N) is 3. The fraction of sp³-hybridized carbons (Fsp3) is 0.516. The molecular weight excluding hydrogens is 544 g/mol. The zero-order chi connectivity index (χ0) is 29.9. The number of aromatic nitrogens is 6. The van der Waals surface area contributed by atoms with E-state index in [9.17, 15) is 9.59 Å². The maximum atomic E-state index is 14.0. The molecule has 2 unspecified atom stereocenters. The van der Waals surface area contributed by atoms with Gasteiger partial charge in [0.15, 0.2) is 11.2 Å². The largest absolute Gasteiger partial charge is 0.341 e. The highest BCUT2D eigenvalue weighted by Gasteiger charge is 2.27. The first-order valence-electron chi connectivity index (χ1n) is 15.2. The van der Waals surface area contributed by atoms with Gasteiger partial charge < -0.3 is 15.5 Å². The van der Waals surface area contributed by atoms with E-state index in [2.05, 4.69) is 42.7 Å². The van der Waals surface area contributed by atoms with Gasteiger partial charge in [0.1, 0.15) is 5.82 Å². The smallest absolute Gasteiger partial charge is 0.332 e. The van der Waals surface area contributed by atoms with Gasteiger partial charge in [-0.05, 0) is 52.1 Å². The molecule has 3 N–H and O–H groups in total. The molecule has 2 aliphatic heterocycles. The van der Waals surface area contributed by atoms with Crippen LogP contribution >= 0.6 is 0 Å². The third-order valence-corrected chi connectivity index (χ3v) is 8.55. The lowest BCUT2D eigenvalue weighted by Gasteiger charge is -2.34. The molecule has 12 heteroatoms. The van der Waals surface area contributed by atoms with E-state index in [1.54, 1.807) is 14.0 Å². The van der Waals surface area contributed by atoms with Crippen molar-refractivity contribution in [2.75, 3.05) is 37.7 Å². The van der Waals surface area contributed by atoms with Gasteiger partial charge in [-0.1, -0.05) is 24.1 Å². The van der Waals surface area contributed by atoms with Crippen LogP contribution in [-0.2, 0) is 20.1 Å². The second kappa shape index (κ2) is 12.7. The highest BCUT2D eigenvalue weighted by molar-refractivity contribution is 5.80. The average molecular weight is 585 g/mol. The number of imidazole rings is 1. The summed E-state index contributed by atoms with van der Waals surface area (Å²) in [5.41, 5.74) is 1.43. The Kier molecular flexibility index (Phi) is 8.56. The molecule has 0 saturated carbocycles. The molecule has 2 atom stereocenters. The molecule has 43 heavy (non-hydrogen) atoms. The van der Waals surface area contributed by atoms with Crippen LogP contribution < -0.4 is 32.1 Å². The van der Waals surface area contributed by atoms with E-state index in [0.29, 0.717) is 35.5 Å². The van der Waals surface area contributed by atoms with Crippen molar-refractivity contribution in [1.29, 1.82) is 0 Å². The summed E-state index contributed by atoms with van der Waals surface area (Å²) in [5.74, 6) is 7.15. The summed E-state index contributed by atoms with van der Waals surface area (Å²) >= 11 is 0. The molecule has 2 aliphatic rings. The fourth-order valence-electron chi connectivity index (χ4n) is 6.25. The molecule has 0 spiro atoms. The summed E-state index contributed by atoms with van der Waals surface area (Å²) in [4.78, 5) is 43.9. The molecule has 6 rings (SSSR count). The van der Waals surface area contributed by atoms with E-state index in [4.69, 9.17) is 4.98 Å². The molecule has 2 saturated heterocycles. The predicted molar refractivity (Wildman–Crippen MR) is 168 cm³/mol. The highest BCUT2D eigenvalue weighted by Crippen LogP contribution is 2.23. The number of hydrogen-bond acceptors (Lipinski definition) is 9. The Hall–Kier alpha value is -4.05. The third kappa shape index (κ3) is 5.93. The van der Waals surface area contributed by atoms with Crippen molar-refractivity contribution in [3.05, 3.63) is 56.6 Å². The van der Waals surface area contributed by atoms with Crippen molar-refractivity contribution >= 4 is 28.0 Å². The lowest BCUT2D eigenvalue weighted by Crippen LogP contribution is -2.52. The van der Waals surface area contributed by atoms with Gasteiger partial charge in [0.2, 0.25) is 5.95 Å². The Morgan fingerprint density at radius 2 is 1.86 bits per heavy atom. The molecule has 0 bridgehead atoms. The molecule has 1 aromatic carbocycles. The number of nitrogens with zero attached hydrogens (tertiary/aromatic N) is 7. The molecule has 12 nitrogen and oxygen atoms in total. The third-order valence-electron chi connectivity index (χ3n) is 8.55. The molecule has 4 aromatic rings.